The third-order valence-corrected chi connectivity index (χ3v) is 2.02. The lowest BCUT2D eigenvalue weighted by molar-refractivity contribution is -0.114. The van der Waals surface area contributed by atoms with Crippen LogP contribution in [0.1, 0.15) is 5.56 Å². The first-order chi connectivity index (χ1) is 6.77. The Kier molecular flexibility index (Phi) is 2.18. The maximum absolute atomic E-state index is 11.4. The van der Waals surface area contributed by atoms with E-state index in [-0.39, 0.29) is 11.7 Å². The first-order valence-electron chi connectivity index (χ1n) is 4.39. The number of nitrogens with one attached hydrogen (secondary N) is 1. The van der Waals surface area contributed by atoms with Gasteiger partial charge in [-0.2, -0.15) is 0 Å². The summed E-state index contributed by atoms with van der Waals surface area (Å²) in [6.07, 6.45) is 0. The van der Waals surface area contributed by atoms with Gasteiger partial charge in [0.05, 0.1) is 6.54 Å². The fourth-order valence-corrected chi connectivity index (χ4v) is 1.33. The minimum Gasteiger partial charge on any atom is -0.508 e. The van der Waals surface area contributed by atoms with Gasteiger partial charge >= 0.3 is 0 Å². The molecule has 1 amide bonds. The molecule has 72 valence electrons. The Hall–Kier alpha value is -1.84. The number of benzene rings is 1. The number of phenolic OH excluding ortho intramolecular Hbond substituents is 1. The lowest BCUT2D eigenvalue weighted by atomic mass is 10.1. The normalized spacial score (nSPS) is 16.0. The van der Waals surface area contributed by atoms with E-state index in [1.54, 1.807) is 24.3 Å². The highest BCUT2D eigenvalue weighted by molar-refractivity contribution is 6.45. The molecule has 0 aromatic heterocycles. The van der Waals surface area contributed by atoms with Gasteiger partial charge in [0.15, 0.2) is 0 Å². The smallest absolute Gasteiger partial charge is 0.270 e. The molecular weight excluding hydrogens is 180 g/mol. The predicted octanol–water partition coefficient (Wildman–Crippen LogP) is 0.311. The second-order valence-electron chi connectivity index (χ2n) is 3.03. The van der Waals surface area contributed by atoms with Gasteiger partial charge in [0, 0.05) is 12.1 Å². The van der Waals surface area contributed by atoms with Crippen molar-refractivity contribution in [3.8, 4) is 5.75 Å². The summed E-state index contributed by atoms with van der Waals surface area (Å²) in [6.45, 7) is 1.21. The Morgan fingerprint density at radius 1 is 1.29 bits per heavy atom. The van der Waals surface area contributed by atoms with Gasteiger partial charge in [-0.25, -0.2) is 0 Å². The van der Waals surface area contributed by atoms with Crippen LogP contribution in [0, 0.1) is 0 Å². The molecule has 1 aliphatic heterocycles. The van der Waals surface area contributed by atoms with Crippen LogP contribution in [-0.2, 0) is 4.79 Å². The molecule has 1 aromatic rings. The van der Waals surface area contributed by atoms with E-state index in [9.17, 15) is 4.79 Å². The third-order valence-electron chi connectivity index (χ3n) is 2.02. The number of rotatable bonds is 1. The molecule has 1 aromatic carbocycles. The van der Waals surface area contributed by atoms with E-state index in [0.29, 0.717) is 18.8 Å². The highest BCUT2D eigenvalue weighted by atomic mass is 16.3. The van der Waals surface area contributed by atoms with E-state index in [1.807, 2.05) is 0 Å². The Labute approximate surface area is 81.3 Å². The van der Waals surface area contributed by atoms with Gasteiger partial charge in [0.2, 0.25) is 0 Å². The Morgan fingerprint density at radius 3 is 2.64 bits per heavy atom. The second kappa shape index (κ2) is 3.49. The minimum atomic E-state index is -0.151. The molecule has 0 saturated carbocycles. The number of aromatic hydroxyl groups is 1. The van der Waals surface area contributed by atoms with Crippen LogP contribution >= 0.6 is 0 Å². The van der Waals surface area contributed by atoms with Crippen molar-refractivity contribution in [3.63, 3.8) is 0 Å². The molecule has 0 fully saturated rings. The number of amides is 1. The van der Waals surface area contributed by atoms with Crippen LogP contribution in [0.4, 0.5) is 0 Å². The van der Waals surface area contributed by atoms with E-state index in [1.165, 1.54) is 0 Å². The zero-order chi connectivity index (χ0) is 9.97. The average molecular weight is 190 g/mol. The Bertz CT molecular complexity index is 382. The number of phenols is 1. The molecule has 2 N–H and O–H groups in total. The number of nitrogens with zero attached hydrogens (tertiary/aromatic N) is 1. The fraction of sp³-hybridized carbons (Fsp3) is 0.200. The summed E-state index contributed by atoms with van der Waals surface area (Å²) < 4.78 is 0. The molecule has 0 saturated heterocycles. The fourth-order valence-electron chi connectivity index (χ4n) is 1.33. The van der Waals surface area contributed by atoms with Crippen LogP contribution < -0.4 is 5.32 Å². The molecule has 0 atom stereocenters. The molecule has 4 nitrogen and oxygen atoms in total. The maximum Gasteiger partial charge on any atom is 0.270 e. The van der Waals surface area contributed by atoms with Crippen LogP contribution in [-0.4, -0.2) is 29.8 Å². The van der Waals surface area contributed by atoms with Crippen LogP contribution in [0.5, 0.6) is 5.75 Å². The zero-order valence-corrected chi connectivity index (χ0v) is 7.53. The average Bonchev–Trinajstić information content (AvgIpc) is 2.20. The van der Waals surface area contributed by atoms with Gasteiger partial charge in [-0.1, -0.05) is 0 Å². The van der Waals surface area contributed by atoms with E-state index < -0.39 is 0 Å². The SMILES string of the molecule is O=C1NCCN=C1c1ccc(O)cc1. The Balaban J connectivity index is 2.34. The number of carbonyl (C=O) groups is 1. The summed E-state index contributed by atoms with van der Waals surface area (Å²) in [7, 11) is 0. The molecule has 2 rings (SSSR count). The summed E-state index contributed by atoms with van der Waals surface area (Å²) >= 11 is 0. The molecule has 0 unspecified atom stereocenters. The third kappa shape index (κ3) is 1.59. The van der Waals surface area contributed by atoms with E-state index in [4.69, 9.17) is 5.11 Å². The van der Waals surface area contributed by atoms with Gasteiger partial charge in [-0.15, -0.1) is 0 Å². The number of carbonyl (C=O) groups excluding carboxylic acids is 1. The molecular formula is C10H10N2O2. The van der Waals surface area contributed by atoms with Crippen LogP contribution in [0.3, 0.4) is 0 Å². The molecule has 14 heavy (non-hydrogen) atoms. The van der Waals surface area contributed by atoms with Crippen LogP contribution in [0.25, 0.3) is 0 Å². The van der Waals surface area contributed by atoms with Crippen molar-refractivity contribution in [2.45, 2.75) is 0 Å². The summed E-state index contributed by atoms with van der Waals surface area (Å²) in [5, 5.41) is 11.8. The summed E-state index contributed by atoms with van der Waals surface area (Å²) in [5.41, 5.74) is 1.18. The van der Waals surface area contributed by atoms with Gasteiger partial charge < -0.3 is 10.4 Å². The summed E-state index contributed by atoms with van der Waals surface area (Å²) in [6, 6.07) is 6.44. The first-order valence-corrected chi connectivity index (χ1v) is 4.39. The van der Waals surface area contributed by atoms with E-state index >= 15 is 0 Å². The van der Waals surface area contributed by atoms with Gasteiger partial charge in [0.1, 0.15) is 11.5 Å². The van der Waals surface area contributed by atoms with E-state index in [0.717, 1.165) is 5.56 Å². The van der Waals surface area contributed by atoms with Gasteiger partial charge in [0.25, 0.3) is 5.91 Å². The first kappa shape index (κ1) is 8.74. The highest BCUT2D eigenvalue weighted by Gasteiger charge is 2.16. The van der Waals surface area contributed by atoms with Crippen LogP contribution in [0.2, 0.25) is 0 Å². The van der Waals surface area contributed by atoms with Gasteiger partial charge in [-0.3, -0.25) is 9.79 Å². The van der Waals surface area contributed by atoms with Crippen molar-refractivity contribution >= 4 is 11.6 Å². The molecule has 0 spiro atoms. The van der Waals surface area contributed by atoms with Crippen molar-refractivity contribution in [1.82, 2.24) is 5.32 Å². The standard InChI is InChI=1S/C10H10N2O2/c13-8-3-1-7(2-4-8)9-10(14)12-6-5-11-9/h1-4,13H,5-6H2,(H,12,14). The van der Waals surface area contributed by atoms with E-state index in [2.05, 4.69) is 10.3 Å². The topological polar surface area (TPSA) is 61.7 Å². The second-order valence-corrected chi connectivity index (χ2v) is 3.03. The minimum absolute atomic E-state index is 0.151. The number of aliphatic imine (C=N–C) groups is 1. The molecule has 1 heterocycles. The molecule has 0 aliphatic carbocycles. The zero-order valence-electron chi connectivity index (χ0n) is 7.53. The van der Waals surface area contributed by atoms with Crippen molar-refractivity contribution in [3.05, 3.63) is 29.8 Å². The maximum atomic E-state index is 11.4. The monoisotopic (exact) mass is 190 g/mol. The molecule has 0 radical (unpaired) electrons. The quantitative estimate of drug-likeness (QED) is 0.669. The van der Waals surface area contributed by atoms with Gasteiger partial charge in [-0.05, 0) is 24.3 Å². The lowest BCUT2D eigenvalue weighted by Gasteiger charge is -2.12. The van der Waals surface area contributed by atoms with Crippen molar-refractivity contribution in [2.24, 2.45) is 4.99 Å². The molecule has 4 heteroatoms. The van der Waals surface area contributed by atoms with Crippen molar-refractivity contribution in [1.29, 1.82) is 0 Å². The number of hydrogen-bond donors (Lipinski definition) is 2. The van der Waals surface area contributed by atoms with Crippen LogP contribution in [0.15, 0.2) is 29.3 Å². The highest BCUT2D eigenvalue weighted by Crippen LogP contribution is 2.11. The summed E-state index contributed by atoms with van der Waals surface area (Å²) in [4.78, 5) is 15.5. The van der Waals surface area contributed by atoms with Crippen molar-refractivity contribution < 1.29 is 9.90 Å². The predicted molar refractivity (Wildman–Crippen MR) is 52.5 cm³/mol. The largest absolute Gasteiger partial charge is 0.508 e. The molecule has 0 bridgehead atoms. The Morgan fingerprint density at radius 2 is 2.00 bits per heavy atom. The number of hydrogen-bond acceptors (Lipinski definition) is 3. The lowest BCUT2D eigenvalue weighted by Crippen LogP contribution is -2.37. The molecule has 1 aliphatic rings. The summed E-state index contributed by atoms with van der Waals surface area (Å²) in [5.74, 6) is 0.0347. The van der Waals surface area contributed by atoms with Crippen molar-refractivity contribution in [2.75, 3.05) is 13.1 Å².